The van der Waals surface area contributed by atoms with E-state index in [1.54, 1.807) is 0 Å². The number of benzene rings is 2. The minimum Gasteiger partial charge on any atom is -0.390 e. The van der Waals surface area contributed by atoms with E-state index >= 15 is 0 Å². The van der Waals surface area contributed by atoms with Crippen molar-refractivity contribution in [2.45, 2.75) is 72.4 Å². The molecule has 15 heteroatoms. The molecule has 41 heavy (non-hydrogen) atoms. The van der Waals surface area contributed by atoms with Crippen molar-refractivity contribution in [1.82, 2.24) is 5.32 Å². The highest BCUT2D eigenvalue weighted by molar-refractivity contribution is 7.92. The Morgan fingerprint density at radius 2 is 1.61 bits per heavy atom. The van der Waals surface area contributed by atoms with E-state index in [0.717, 1.165) is 30.3 Å². The predicted octanol–water partition coefficient (Wildman–Crippen LogP) is 5.27. The first kappa shape index (κ1) is 31.0. The van der Waals surface area contributed by atoms with Crippen molar-refractivity contribution < 1.29 is 53.4 Å². The van der Waals surface area contributed by atoms with Crippen molar-refractivity contribution in [1.29, 1.82) is 0 Å². The maximum atomic E-state index is 14.8. The zero-order chi connectivity index (χ0) is 30.8. The highest BCUT2D eigenvalue weighted by Crippen LogP contribution is 2.58. The molecule has 4 rings (SSSR count). The fourth-order valence-electron chi connectivity index (χ4n) is 5.83. The Balaban J connectivity index is 1.89. The van der Waals surface area contributed by atoms with Crippen LogP contribution in [0.15, 0.2) is 47.4 Å². The van der Waals surface area contributed by atoms with Crippen LogP contribution in [0.3, 0.4) is 0 Å². The van der Waals surface area contributed by atoms with Gasteiger partial charge in [-0.05, 0) is 62.6 Å². The van der Waals surface area contributed by atoms with E-state index in [9.17, 15) is 53.4 Å². The van der Waals surface area contributed by atoms with Crippen LogP contribution in [0.1, 0.15) is 44.2 Å². The Morgan fingerprint density at radius 1 is 1.02 bits per heavy atom. The van der Waals surface area contributed by atoms with Crippen molar-refractivity contribution in [3.63, 3.8) is 0 Å². The lowest BCUT2D eigenvalue weighted by atomic mass is 9.80. The molecule has 0 aromatic heterocycles. The quantitative estimate of drug-likeness (QED) is 0.305. The number of hydrogen-bond acceptors (Lipinski definition) is 5. The lowest BCUT2D eigenvalue weighted by molar-refractivity contribution is -0.348. The summed E-state index contributed by atoms with van der Waals surface area (Å²) in [5.74, 6) is -2.37. The van der Waals surface area contributed by atoms with Gasteiger partial charge < -0.3 is 15.7 Å². The van der Waals surface area contributed by atoms with Gasteiger partial charge in [-0.1, -0.05) is 12.1 Å². The first-order chi connectivity index (χ1) is 18.6. The Morgan fingerprint density at radius 3 is 2.15 bits per heavy atom. The average Bonchev–Trinajstić information content (AvgIpc) is 3.21. The van der Waals surface area contributed by atoms with Crippen LogP contribution >= 0.6 is 0 Å². The molecule has 226 valence electrons. The van der Waals surface area contributed by atoms with E-state index in [1.807, 2.05) is 0 Å². The molecule has 0 saturated heterocycles. The molecule has 2 aromatic carbocycles. The predicted molar refractivity (Wildman–Crippen MR) is 131 cm³/mol. The summed E-state index contributed by atoms with van der Waals surface area (Å²) in [6.07, 6.45) is -13.3. The summed E-state index contributed by atoms with van der Waals surface area (Å²) in [6, 6.07) is 4.15. The standard InChI is InChI=1S/C26H26F8N2O4S/c1-22(2,38)12-21(37)36-19-9-10-23(41(39,40)16-6-4-15(27)5-7-16)17-8-3-14(11-20(17)35-13-18(19)23)24(28,25(29,30)31)26(32,33)34/h3-8,11,18-19,35,38H,9-10,12-13H2,1-2H3,(H,36,37)/t18-,19+,23+/m0/s1. The van der Waals surface area contributed by atoms with Gasteiger partial charge in [-0.25, -0.2) is 17.2 Å². The van der Waals surface area contributed by atoms with Gasteiger partial charge in [-0.15, -0.1) is 0 Å². The molecule has 1 saturated carbocycles. The third-order valence-electron chi connectivity index (χ3n) is 7.62. The topological polar surface area (TPSA) is 95.5 Å². The second-order valence-electron chi connectivity index (χ2n) is 11.0. The zero-order valence-corrected chi connectivity index (χ0v) is 22.4. The largest absolute Gasteiger partial charge is 0.435 e. The molecule has 1 aliphatic carbocycles. The summed E-state index contributed by atoms with van der Waals surface area (Å²) >= 11 is 0. The van der Waals surface area contributed by atoms with Gasteiger partial charge in [0.05, 0.1) is 16.9 Å². The van der Waals surface area contributed by atoms with Gasteiger partial charge in [0.15, 0.2) is 9.84 Å². The lowest BCUT2D eigenvalue weighted by Crippen LogP contribution is -2.53. The average molecular weight is 615 g/mol. The maximum Gasteiger partial charge on any atom is 0.435 e. The molecule has 6 nitrogen and oxygen atoms in total. The van der Waals surface area contributed by atoms with E-state index in [2.05, 4.69) is 10.6 Å². The number of amides is 1. The molecule has 2 aromatic rings. The molecular formula is C26H26F8N2O4S. The molecule has 0 radical (unpaired) electrons. The zero-order valence-electron chi connectivity index (χ0n) is 21.6. The van der Waals surface area contributed by atoms with Crippen molar-refractivity contribution >= 4 is 21.4 Å². The fourth-order valence-corrected chi connectivity index (χ4v) is 8.25. The van der Waals surface area contributed by atoms with Gasteiger partial charge in [-0.3, -0.25) is 4.79 Å². The number of carbonyl (C=O) groups is 1. The summed E-state index contributed by atoms with van der Waals surface area (Å²) in [5, 5.41) is 15.3. The first-order valence-corrected chi connectivity index (χ1v) is 13.9. The first-order valence-electron chi connectivity index (χ1n) is 12.4. The number of nitrogens with one attached hydrogen (secondary N) is 2. The smallest absolute Gasteiger partial charge is 0.390 e. The van der Waals surface area contributed by atoms with Crippen LogP contribution in [-0.2, 0) is 25.0 Å². The molecule has 0 unspecified atom stereocenters. The van der Waals surface area contributed by atoms with Crippen molar-refractivity contribution in [2.24, 2.45) is 5.92 Å². The third kappa shape index (κ3) is 5.04. The van der Waals surface area contributed by atoms with Gasteiger partial charge in [0.2, 0.25) is 5.91 Å². The van der Waals surface area contributed by atoms with Crippen molar-refractivity contribution in [2.75, 3.05) is 11.9 Å². The number of sulfone groups is 1. The van der Waals surface area contributed by atoms with Crippen LogP contribution in [0.25, 0.3) is 0 Å². The van der Waals surface area contributed by atoms with E-state index in [0.29, 0.717) is 6.07 Å². The molecule has 2 aliphatic rings. The lowest BCUT2D eigenvalue weighted by Gasteiger charge is -2.43. The number of alkyl halides is 7. The second kappa shape index (κ2) is 9.82. The number of hydrogen-bond donors (Lipinski definition) is 3. The molecule has 0 bridgehead atoms. The molecule has 0 spiro atoms. The van der Waals surface area contributed by atoms with E-state index in [-0.39, 0.29) is 42.3 Å². The molecule has 1 fully saturated rings. The van der Waals surface area contributed by atoms with Crippen LogP contribution in [0.2, 0.25) is 0 Å². The van der Waals surface area contributed by atoms with E-state index in [4.69, 9.17) is 0 Å². The maximum absolute atomic E-state index is 14.8. The normalized spacial score (nSPS) is 23.4. The monoisotopic (exact) mass is 614 g/mol. The van der Waals surface area contributed by atoms with Crippen LogP contribution in [0.5, 0.6) is 0 Å². The van der Waals surface area contributed by atoms with Gasteiger partial charge in [0.1, 0.15) is 10.6 Å². The van der Waals surface area contributed by atoms with Crippen LogP contribution in [-0.4, -0.2) is 50.0 Å². The SMILES string of the molecule is CC(C)(O)CC(=O)N[C@@H]1CC[C@@]2(S(=O)(=O)c3ccc(F)cc3)c3ccc(C(F)(C(F)(F)F)C(F)(F)F)cc3NC[C@@H]12. The highest BCUT2D eigenvalue weighted by Gasteiger charge is 2.74. The second-order valence-corrected chi connectivity index (χ2v) is 13.2. The Kier molecular flexibility index (Phi) is 7.42. The number of rotatable bonds is 6. The summed E-state index contributed by atoms with van der Waals surface area (Å²) in [7, 11) is -4.55. The van der Waals surface area contributed by atoms with Crippen LogP contribution in [0.4, 0.5) is 40.8 Å². The number of aliphatic hydroxyl groups is 1. The summed E-state index contributed by atoms with van der Waals surface area (Å²) < 4.78 is 136. The van der Waals surface area contributed by atoms with E-state index in [1.165, 1.54) is 13.8 Å². The van der Waals surface area contributed by atoms with Crippen molar-refractivity contribution in [3.8, 4) is 0 Å². The molecular weight excluding hydrogens is 588 g/mol. The molecule has 3 N–H and O–H groups in total. The molecule has 3 atom stereocenters. The number of halogens is 8. The third-order valence-corrected chi connectivity index (χ3v) is 10.2. The molecule has 1 amide bonds. The summed E-state index contributed by atoms with van der Waals surface area (Å²) in [5.41, 5.74) is -9.59. The minimum atomic E-state index is -6.38. The van der Waals surface area contributed by atoms with E-state index < -0.39 is 73.1 Å². The number of fused-ring (bicyclic) bond motifs is 3. The molecule has 1 aliphatic heterocycles. The van der Waals surface area contributed by atoms with Gasteiger partial charge in [0.25, 0.3) is 0 Å². The van der Waals surface area contributed by atoms with Crippen LogP contribution < -0.4 is 10.6 Å². The Hall–Kier alpha value is -2.94. The Labute approximate surface area is 230 Å². The Bertz CT molecular complexity index is 1420. The highest BCUT2D eigenvalue weighted by atomic mass is 32.2. The molecule has 1 heterocycles. The summed E-state index contributed by atoms with van der Waals surface area (Å²) in [6.45, 7) is 2.43. The van der Waals surface area contributed by atoms with Gasteiger partial charge >= 0.3 is 18.0 Å². The summed E-state index contributed by atoms with van der Waals surface area (Å²) in [4.78, 5) is 12.2. The van der Waals surface area contributed by atoms with Gasteiger partial charge in [0, 0.05) is 29.8 Å². The van der Waals surface area contributed by atoms with Crippen LogP contribution in [0, 0.1) is 11.7 Å². The van der Waals surface area contributed by atoms with Crippen molar-refractivity contribution in [3.05, 3.63) is 59.4 Å². The number of anilines is 1. The fraction of sp³-hybridized carbons (Fsp3) is 0.500. The van der Waals surface area contributed by atoms with Gasteiger partial charge in [-0.2, -0.15) is 26.3 Å². The number of carbonyl (C=O) groups excluding carboxylic acids is 1. The minimum absolute atomic E-state index is 0.0315.